The number of ether oxygens (including phenoxy) is 4. The zero-order valence-corrected chi connectivity index (χ0v) is 24.0. The fourth-order valence-corrected chi connectivity index (χ4v) is 4.49. The average Bonchev–Trinajstić information content (AvgIpc) is 3.64. The molecule has 10 heteroatoms. The molecule has 1 aliphatic carbocycles. The van der Waals surface area contributed by atoms with E-state index in [0.29, 0.717) is 24.9 Å². The first-order valence-corrected chi connectivity index (χ1v) is 13.8. The van der Waals surface area contributed by atoms with Crippen molar-refractivity contribution in [1.29, 1.82) is 0 Å². The molecule has 0 spiro atoms. The van der Waals surface area contributed by atoms with Crippen molar-refractivity contribution in [2.75, 3.05) is 19.7 Å². The largest absolute Gasteiger partial charge is 0.462 e. The number of aromatic nitrogens is 2. The maximum absolute atomic E-state index is 13.8. The van der Waals surface area contributed by atoms with Crippen LogP contribution in [0.25, 0.3) is 0 Å². The van der Waals surface area contributed by atoms with Gasteiger partial charge in [-0.2, -0.15) is 4.98 Å². The molecule has 2 aromatic rings. The van der Waals surface area contributed by atoms with Crippen LogP contribution in [0.3, 0.4) is 0 Å². The molecule has 2 amide bonds. The predicted octanol–water partition coefficient (Wildman–Crippen LogP) is 4.53. The Morgan fingerprint density at radius 3 is 2.51 bits per heavy atom. The van der Waals surface area contributed by atoms with Gasteiger partial charge < -0.3 is 28.7 Å². The number of imidazole rings is 1. The number of benzene rings is 1. The molecule has 0 bridgehead atoms. The average molecular weight is 543 g/mol. The van der Waals surface area contributed by atoms with Crippen molar-refractivity contribution in [3.63, 3.8) is 0 Å². The Balaban J connectivity index is 1.47. The highest BCUT2D eigenvalue weighted by atomic mass is 16.6. The number of morpholine rings is 1. The third kappa shape index (κ3) is 7.95. The van der Waals surface area contributed by atoms with Crippen LogP contribution in [0.4, 0.5) is 4.79 Å². The van der Waals surface area contributed by atoms with Gasteiger partial charge in [0.15, 0.2) is 6.10 Å². The van der Waals surface area contributed by atoms with Gasteiger partial charge in [-0.05, 0) is 59.9 Å². The molecule has 0 radical (unpaired) electrons. The van der Waals surface area contributed by atoms with E-state index in [2.05, 4.69) is 0 Å². The molecule has 1 saturated heterocycles. The van der Waals surface area contributed by atoms with E-state index in [9.17, 15) is 9.59 Å². The number of rotatable bonds is 10. The summed E-state index contributed by atoms with van der Waals surface area (Å²) in [4.78, 5) is 34.6. The number of hydrogen-bond donors (Lipinski definition) is 0. The van der Waals surface area contributed by atoms with Gasteiger partial charge in [0.05, 0.1) is 37.6 Å². The highest BCUT2D eigenvalue weighted by Crippen LogP contribution is 2.36. The van der Waals surface area contributed by atoms with Crippen molar-refractivity contribution in [3.05, 3.63) is 47.8 Å². The maximum atomic E-state index is 13.8. The van der Waals surface area contributed by atoms with Crippen molar-refractivity contribution >= 4 is 12.0 Å². The molecule has 1 saturated carbocycles. The molecule has 10 nitrogen and oxygen atoms in total. The van der Waals surface area contributed by atoms with Crippen molar-refractivity contribution < 1.29 is 28.5 Å². The lowest BCUT2D eigenvalue weighted by Crippen LogP contribution is -2.54. The SMILES string of the molecule is CC(C)Oc1nc([C@@H](C)N(C(=O)[C@H]2CN(C(=O)OC(C)(C)C)CCO2)C2CC2)cn1COCc1ccccc1. The molecule has 0 unspecified atom stereocenters. The van der Waals surface area contributed by atoms with Crippen LogP contribution in [0.2, 0.25) is 0 Å². The predicted molar refractivity (Wildman–Crippen MR) is 145 cm³/mol. The van der Waals surface area contributed by atoms with E-state index in [0.717, 1.165) is 18.4 Å². The minimum Gasteiger partial charge on any atom is -0.462 e. The molecular formula is C29H42N4O6. The summed E-state index contributed by atoms with van der Waals surface area (Å²) in [7, 11) is 0. The van der Waals surface area contributed by atoms with Crippen molar-refractivity contribution in [2.45, 2.75) is 97.6 Å². The molecule has 0 N–H and O–H groups in total. The van der Waals surface area contributed by atoms with Gasteiger partial charge in [-0.1, -0.05) is 30.3 Å². The molecule has 2 aliphatic rings. The van der Waals surface area contributed by atoms with E-state index >= 15 is 0 Å². The van der Waals surface area contributed by atoms with Gasteiger partial charge in [0.25, 0.3) is 11.9 Å². The molecule has 1 aromatic carbocycles. The first-order chi connectivity index (χ1) is 18.5. The summed E-state index contributed by atoms with van der Waals surface area (Å²) < 4.78 is 25.1. The first kappa shape index (κ1) is 28.9. The van der Waals surface area contributed by atoms with Crippen LogP contribution in [0.15, 0.2) is 36.5 Å². The van der Waals surface area contributed by atoms with Gasteiger partial charge in [0, 0.05) is 18.8 Å². The smallest absolute Gasteiger partial charge is 0.410 e. The lowest BCUT2D eigenvalue weighted by atomic mass is 10.1. The summed E-state index contributed by atoms with van der Waals surface area (Å²) in [5.74, 6) is -0.139. The van der Waals surface area contributed by atoms with Crippen LogP contribution >= 0.6 is 0 Å². The standard InChI is InChI=1S/C29H42N4O6/c1-20(2)38-27-30-24(16-32(27)19-36-18-22-10-8-7-9-11-22)21(3)33(23-12-13-23)26(34)25-17-31(14-15-37-25)28(35)39-29(4,5)6/h7-11,16,20-21,23,25H,12-15,17-19H2,1-6H3/t21-,25-/m1/s1. The van der Waals surface area contributed by atoms with Gasteiger partial charge in [0.1, 0.15) is 12.3 Å². The lowest BCUT2D eigenvalue weighted by Gasteiger charge is -2.37. The normalized spacial score (nSPS) is 18.6. The van der Waals surface area contributed by atoms with Crippen LogP contribution in [-0.2, 0) is 32.3 Å². The Labute approximate surface area is 231 Å². The summed E-state index contributed by atoms with van der Waals surface area (Å²) >= 11 is 0. The number of carbonyl (C=O) groups excluding carboxylic acids is 2. The monoisotopic (exact) mass is 542 g/mol. The summed E-state index contributed by atoms with van der Waals surface area (Å²) in [5, 5.41) is 0. The van der Waals surface area contributed by atoms with Crippen LogP contribution in [0, 0.1) is 0 Å². The molecule has 1 aliphatic heterocycles. The maximum Gasteiger partial charge on any atom is 0.410 e. The fraction of sp³-hybridized carbons (Fsp3) is 0.621. The number of nitrogens with zero attached hydrogens (tertiary/aromatic N) is 4. The van der Waals surface area contributed by atoms with Crippen LogP contribution < -0.4 is 4.74 Å². The minimum absolute atomic E-state index is 0.0703. The van der Waals surface area contributed by atoms with E-state index in [1.165, 1.54) is 0 Å². The quantitative estimate of drug-likeness (QED) is 0.435. The number of hydrogen-bond acceptors (Lipinski definition) is 7. The highest BCUT2D eigenvalue weighted by molar-refractivity contribution is 5.83. The topological polar surface area (TPSA) is 95.4 Å². The Morgan fingerprint density at radius 2 is 1.87 bits per heavy atom. The van der Waals surface area contributed by atoms with E-state index in [1.807, 2.05) is 87.5 Å². The third-order valence-electron chi connectivity index (χ3n) is 6.48. The molecule has 214 valence electrons. The minimum atomic E-state index is -0.753. The molecule has 1 aromatic heterocycles. The van der Waals surface area contributed by atoms with E-state index in [1.54, 1.807) is 4.90 Å². The zero-order valence-electron chi connectivity index (χ0n) is 24.0. The molecular weight excluding hydrogens is 500 g/mol. The molecule has 39 heavy (non-hydrogen) atoms. The van der Waals surface area contributed by atoms with Gasteiger partial charge in [-0.25, -0.2) is 4.79 Å². The van der Waals surface area contributed by atoms with E-state index in [-0.39, 0.29) is 44.0 Å². The summed E-state index contributed by atoms with van der Waals surface area (Å²) in [6.45, 7) is 12.9. The van der Waals surface area contributed by atoms with Crippen molar-refractivity contribution in [3.8, 4) is 6.01 Å². The van der Waals surface area contributed by atoms with Crippen LogP contribution in [-0.4, -0.2) is 74.9 Å². The molecule has 4 rings (SSSR count). The molecule has 2 fully saturated rings. The summed E-state index contributed by atoms with van der Waals surface area (Å²) in [6, 6.07) is 10.2. The Hall–Kier alpha value is -3.11. The second-order valence-corrected chi connectivity index (χ2v) is 11.5. The molecule has 2 atom stereocenters. The first-order valence-electron chi connectivity index (χ1n) is 13.8. The lowest BCUT2D eigenvalue weighted by molar-refractivity contribution is -0.152. The number of amides is 2. The summed E-state index contributed by atoms with van der Waals surface area (Å²) in [5.41, 5.74) is 1.19. The third-order valence-corrected chi connectivity index (χ3v) is 6.48. The van der Waals surface area contributed by atoms with Gasteiger partial charge in [-0.3, -0.25) is 9.36 Å². The van der Waals surface area contributed by atoms with Gasteiger partial charge in [0.2, 0.25) is 0 Å². The number of carbonyl (C=O) groups is 2. The van der Waals surface area contributed by atoms with Crippen LogP contribution in [0.1, 0.15) is 71.7 Å². The van der Waals surface area contributed by atoms with E-state index in [4.69, 9.17) is 23.9 Å². The van der Waals surface area contributed by atoms with E-state index < -0.39 is 17.8 Å². The Bertz CT molecular complexity index is 1110. The van der Waals surface area contributed by atoms with Crippen molar-refractivity contribution in [1.82, 2.24) is 19.4 Å². The van der Waals surface area contributed by atoms with Gasteiger partial charge >= 0.3 is 6.09 Å². The fourth-order valence-electron chi connectivity index (χ4n) is 4.49. The zero-order chi connectivity index (χ0) is 28.2. The van der Waals surface area contributed by atoms with Crippen molar-refractivity contribution in [2.24, 2.45) is 0 Å². The molecule has 2 heterocycles. The summed E-state index contributed by atoms with van der Waals surface area (Å²) in [6.07, 6.45) is 2.49. The Kier molecular flexibility index (Phi) is 9.17. The Morgan fingerprint density at radius 1 is 1.15 bits per heavy atom. The van der Waals surface area contributed by atoms with Gasteiger partial charge in [-0.15, -0.1) is 0 Å². The van der Waals surface area contributed by atoms with Crippen LogP contribution in [0.5, 0.6) is 6.01 Å². The second-order valence-electron chi connectivity index (χ2n) is 11.5. The highest BCUT2D eigenvalue weighted by Gasteiger charge is 2.42. The second kappa shape index (κ2) is 12.4.